The maximum absolute atomic E-state index is 11.4. The van der Waals surface area contributed by atoms with Crippen LogP contribution >= 0.6 is 0 Å². The zero-order valence-corrected chi connectivity index (χ0v) is 16.9. The fourth-order valence-electron chi connectivity index (χ4n) is 3.77. The van der Waals surface area contributed by atoms with Gasteiger partial charge < -0.3 is 19.6 Å². The molecule has 1 aliphatic rings. The molecule has 2 N–H and O–H groups in total. The molecule has 1 unspecified atom stereocenters. The lowest BCUT2D eigenvalue weighted by molar-refractivity contribution is -0.0397. The van der Waals surface area contributed by atoms with Crippen LogP contribution in [0.5, 0.6) is 5.75 Å². The third-order valence-corrected chi connectivity index (χ3v) is 5.25. The topological polar surface area (TPSA) is 74.8 Å². The first-order valence-corrected chi connectivity index (χ1v) is 9.77. The number of aromatic carboxylic acids is 1. The van der Waals surface area contributed by atoms with Gasteiger partial charge in [-0.05, 0) is 44.5 Å². The van der Waals surface area contributed by atoms with Crippen LogP contribution in [-0.4, -0.2) is 45.8 Å². The molecule has 0 bridgehead atoms. The number of carboxylic acid groups (broad SMARTS) is 1. The molecule has 4 rings (SSSR count). The van der Waals surface area contributed by atoms with Gasteiger partial charge in [0.25, 0.3) is 0 Å². The van der Waals surface area contributed by atoms with Gasteiger partial charge in [-0.1, -0.05) is 30.3 Å². The maximum atomic E-state index is 11.4. The number of rotatable bonds is 5. The molecule has 0 spiro atoms. The van der Waals surface area contributed by atoms with Gasteiger partial charge in [-0.25, -0.2) is 4.79 Å². The summed E-state index contributed by atoms with van der Waals surface area (Å²) in [6.07, 6.45) is 1.52. The molecule has 6 nitrogen and oxygen atoms in total. The molecule has 1 aromatic heterocycles. The number of nitrogens with one attached hydrogen (secondary N) is 1. The highest BCUT2D eigenvalue weighted by molar-refractivity contribution is 5.96. The molecule has 2 heterocycles. The van der Waals surface area contributed by atoms with Gasteiger partial charge in [-0.3, -0.25) is 4.90 Å². The summed E-state index contributed by atoms with van der Waals surface area (Å²) in [7, 11) is 0. The molecular formula is C23H26N2O4. The molecule has 2 aromatic carbocycles. The third-order valence-electron chi connectivity index (χ3n) is 5.25. The number of carbonyl (C=O) groups is 1. The van der Waals surface area contributed by atoms with Gasteiger partial charge in [0.05, 0.1) is 5.56 Å². The number of hydrogen-bond donors (Lipinski definition) is 2. The van der Waals surface area contributed by atoms with Crippen LogP contribution in [0.25, 0.3) is 10.9 Å². The average molecular weight is 394 g/mol. The van der Waals surface area contributed by atoms with Gasteiger partial charge in [0, 0.05) is 29.2 Å². The summed E-state index contributed by atoms with van der Waals surface area (Å²) < 4.78 is 12.4. The Balaban J connectivity index is 1.54. The van der Waals surface area contributed by atoms with Crippen LogP contribution in [0.2, 0.25) is 0 Å². The normalized spacial score (nSPS) is 20.2. The first-order valence-electron chi connectivity index (χ1n) is 9.77. The lowest BCUT2D eigenvalue weighted by Gasteiger charge is -2.35. The molecular weight excluding hydrogens is 368 g/mol. The quantitative estimate of drug-likeness (QED) is 0.669. The number of ether oxygens (including phenoxy) is 2. The second-order valence-corrected chi connectivity index (χ2v) is 8.37. The number of hydrogen-bond acceptors (Lipinski definition) is 4. The zero-order valence-electron chi connectivity index (χ0n) is 16.9. The van der Waals surface area contributed by atoms with Gasteiger partial charge in [0.2, 0.25) is 0 Å². The molecule has 2 atom stereocenters. The second-order valence-electron chi connectivity index (χ2n) is 8.37. The molecule has 29 heavy (non-hydrogen) atoms. The predicted octanol–water partition coefficient (Wildman–Crippen LogP) is 4.44. The van der Waals surface area contributed by atoms with Crippen molar-refractivity contribution in [2.24, 2.45) is 0 Å². The Hall–Kier alpha value is -2.83. The number of benzene rings is 2. The Kier molecular flexibility index (Phi) is 5.06. The molecule has 0 amide bonds. The largest absolute Gasteiger partial charge is 0.490 e. The Morgan fingerprint density at radius 1 is 1.24 bits per heavy atom. The van der Waals surface area contributed by atoms with E-state index in [9.17, 15) is 9.90 Å². The number of fused-ring (bicyclic) bond motifs is 1. The van der Waals surface area contributed by atoms with Crippen LogP contribution in [0.1, 0.15) is 42.9 Å². The van der Waals surface area contributed by atoms with E-state index in [1.165, 1.54) is 0 Å². The number of nitrogens with zero attached hydrogens (tertiary/aromatic N) is 1. The van der Waals surface area contributed by atoms with Crippen LogP contribution in [0.4, 0.5) is 0 Å². The van der Waals surface area contributed by atoms with Crippen LogP contribution in [0.3, 0.4) is 0 Å². The molecule has 3 aromatic rings. The second kappa shape index (κ2) is 7.54. The molecule has 0 aliphatic carbocycles. The minimum atomic E-state index is -0.980. The van der Waals surface area contributed by atoms with Crippen molar-refractivity contribution >= 4 is 16.9 Å². The fourth-order valence-corrected chi connectivity index (χ4v) is 3.77. The van der Waals surface area contributed by atoms with Crippen molar-refractivity contribution in [3.8, 4) is 5.75 Å². The summed E-state index contributed by atoms with van der Waals surface area (Å²) in [6, 6.07) is 15.3. The molecule has 0 saturated carbocycles. The Labute approximate surface area is 170 Å². The standard InChI is InChI=1S/C23H26N2O4/c1-23(2,3)25-13-17(29-21(25)15-7-5-4-6-8-15)14-28-20-12-16(22(26)27)11-19-18(20)9-10-24-19/h4-12,17,21,24H,13-14H2,1-3H3,(H,26,27)/t17-,21?/m0/s1. The molecule has 152 valence electrons. The van der Waals surface area contributed by atoms with E-state index in [4.69, 9.17) is 9.47 Å². The van der Waals surface area contributed by atoms with Gasteiger partial charge in [-0.15, -0.1) is 0 Å². The van der Waals surface area contributed by atoms with Crippen molar-refractivity contribution < 1.29 is 19.4 Å². The maximum Gasteiger partial charge on any atom is 0.335 e. The summed E-state index contributed by atoms with van der Waals surface area (Å²) in [6.45, 7) is 7.61. The van der Waals surface area contributed by atoms with E-state index in [1.807, 2.05) is 24.3 Å². The monoisotopic (exact) mass is 394 g/mol. The van der Waals surface area contributed by atoms with Gasteiger partial charge in [0.1, 0.15) is 24.7 Å². The summed E-state index contributed by atoms with van der Waals surface area (Å²) in [5.74, 6) is -0.429. The molecule has 6 heteroatoms. The number of aromatic nitrogens is 1. The SMILES string of the molecule is CC(C)(C)N1C[C@@H](COc2cc(C(=O)O)cc3[nH]ccc23)OC1c1ccccc1. The molecule has 1 saturated heterocycles. The van der Waals surface area contributed by atoms with E-state index in [0.29, 0.717) is 12.4 Å². The zero-order chi connectivity index (χ0) is 20.6. The molecule has 1 aliphatic heterocycles. The van der Waals surface area contributed by atoms with Crippen LogP contribution in [0, 0.1) is 0 Å². The highest BCUT2D eigenvalue weighted by Crippen LogP contribution is 2.36. The third kappa shape index (κ3) is 3.99. The Morgan fingerprint density at radius 3 is 2.69 bits per heavy atom. The molecule has 0 radical (unpaired) electrons. The van der Waals surface area contributed by atoms with Crippen LogP contribution < -0.4 is 4.74 Å². The Morgan fingerprint density at radius 2 is 2.00 bits per heavy atom. The van der Waals surface area contributed by atoms with Gasteiger partial charge in [0.15, 0.2) is 0 Å². The lowest BCUT2D eigenvalue weighted by Crippen LogP contribution is -2.42. The fraction of sp³-hybridized carbons (Fsp3) is 0.348. The van der Waals surface area contributed by atoms with E-state index in [-0.39, 0.29) is 23.4 Å². The first-order chi connectivity index (χ1) is 13.8. The smallest absolute Gasteiger partial charge is 0.335 e. The Bertz CT molecular complexity index is 1010. The minimum absolute atomic E-state index is 0.0631. The van der Waals surface area contributed by atoms with Gasteiger partial charge >= 0.3 is 5.97 Å². The highest BCUT2D eigenvalue weighted by Gasteiger charge is 2.40. The van der Waals surface area contributed by atoms with E-state index >= 15 is 0 Å². The summed E-state index contributed by atoms with van der Waals surface area (Å²) in [5.41, 5.74) is 1.99. The van der Waals surface area contributed by atoms with E-state index < -0.39 is 5.97 Å². The number of H-pyrrole nitrogens is 1. The van der Waals surface area contributed by atoms with E-state index in [2.05, 4.69) is 42.8 Å². The van der Waals surface area contributed by atoms with E-state index in [1.54, 1.807) is 18.3 Å². The van der Waals surface area contributed by atoms with Crippen molar-refractivity contribution in [2.45, 2.75) is 38.6 Å². The summed E-state index contributed by atoms with van der Waals surface area (Å²) in [4.78, 5) is 16.8. The molecule has 1 fully saturated rings. The van der Waals surface area contributed by atoms with Crippen molar-refractivity contribution in [1.82, 2.24) is 9.88 Å². The van der Waals surface area contributed by atoms with Crippen LogP contribution in [-0.2, 0) is 4.74 Å². The minimum Gasteiger partial charge on any atom is -0.490 e. The van der Waals surface area contributed by atoms with Crippen molar-refractivity contribution in [3.05, 3.63) is 65.9 Å². The van der Waals surface area contributed by atoms with Crippen molar-refractivity contribution in [1.29, 1.82) is 0 Å². The first kappa shape index (κ1) is 19.5. The highest BCUT2D eigenvalue weighted by atomic mass is 16.6. The lowest BCUT2D eigenvalue weighted by atomic mass is 10.0. The average Bonchev–Trinajstić information content (AvgIpc) is 3.33. The van der Waals surface area contributed by atoms with E-state index in [0.717, 1.165) is 23.0 Å². The van der Waals surface area contributed by atoms with Crippen molar-refractivity contribution in [2.75, 3.05) is 13.2 Å². The summed E-state index contributed by atoms with van der Waals surface area (Å²) in [5, 5.41) is 10.2. The number of carboxylic acids is 1. The number of aromatic amines is 1. The van der Waals surface area contributed by atoms with Gasteiger partial charge in [-0.2, -0.15) is 0 Å². The van der Waals surface area contributed by atoms with Crippen LogP contribution in [0.15, 0.2) is 54.7 Å². The predicted molar refractivity (Wildman–Crippen MR) is 111 cm³/mol. The summed E-state index contributed by atoms with van der Waals surface area (Å²) >= 11 is 0. The van der Waals surface area contributed by atoms with Crippen molar-refractivity contribution in [3.63, 3.8) is 0 Å².